The van der Waals surface area contributed by atoms with Crippen LogP contribution in [0.1, 0.15) is 23.6 Å². The number of benzene rings is 2. The van der Waals surface area contributed by atoms with Crippen molar-refractivity contribution in [2.45, 2.75) is 26.4 Å². The van der Waals surface area contributed by atoms with E-state index in [0.29, 0.717) is 6.54 Å². The lowest BCUT2D eigenvalue weighted by Gasteiger charge is -2.09. The van der Waals surface area contributed by atoms with Crippen LogP contribution in [0, 0.1) is 0 Å². The van der Waals surface area contributed by atoms with Crippen LogP contribution in [0.2, 0.25) is 0 Å². The standard InChI is InChI=1S/C16H19NO2/c1-2-13-5-3-4-6-14(13)11-17-10-12-7-8-15(18)16(19)9-12/h3-9,17-19H,2,10-11H2,1H3. The Labute approximate surface area is 113 Å². The number of hydrogen-bond acceptors (Lipinski definition) is 3. The van der Waals surface area contributed by atoms with Gasteiger partial charge in [-0.1, -0.05) is 37.3 Å². The quantitative estimate of drug-likeness (QED) is 0.722. The van der Waals surface area contributed by atoms with Gasteiger partial charge in [-0.15, -0.1) is 0 Å². The Morgan fingerprint density at radius 1 is 0.895 bits per heavy atom. The molecule has 2 aromatic rings. The molecule has 3 heteroatoms. The zero-order valence-electron chi connectivity index (χ0n) is 11.1. The van der Waals surface area contributed by atoms with Gasteiger partial charge in [-0.3, -0.25) is 0 Å². The zero-order valence-corrected chi connectivity index (χ0v) is 11.1. The Morgan fingerprint density at radius 3 is 2.32 bits per heavy atom. The molecule has 3 N–H and O–H groups in total. The lowest BCUT2D eigenvalue weighted by molar-refractivity contribution is 0.403. The summed E-state index contributed by atoms with van der Waals surface area (Å²) in [6.45, 7) is 3.61. The van der Waals surface area contributed by atoms with Gasteiger partial charge in [-0.25, -0.2) is 0 Å². The summed E-state index contributed by atoms with van der Waals surface area (Å²) in [6, 6.07) is 13.3. The first-order valence-electron chi connectivity index (χ1n) is 6.49. The molecule has 0 amide bonds. The SMILES string of the molecule is CCc1ccccc1CNCc1ccc(O)c(O)c1. The average Bonchev–Trinajstić information content (AvgIpc) is 2.43. The fraction of sp³-hybridized carbons (Fsp3) is 0.250. The van der Waals surface area contributed by atoms with Crippen molar-refractivity contribution in [2.24, 2.45) is 0 Å². The van der Waals surface area contributed by atoms with Crippen molar-refractivity contribution < 1.29 is 10.2 Å². The van der Waals surface area contributed by atoms with E-state index in [1.807, 2.05) is 6.07 Å². The largest absolute Gasteiger partial charge is 0.504 e. The topological polar surface area (TPSA) is 52.5 Å². The number of nitrogens with one attached hydrogen (secondary N) is 1. The first-order chi connectivity index (χ1) is 9.20. The highest BCUT2D eigenvalue weighted by atomic mass is 16.3. The first kappa shape index (κ1) is 13.4. The van der Waals surface area contributed by atoms with E-state index in [1.54, 1.807) is 12.1 Å². The molecule has 0 aliphatic carbocycles. The molecule has 3 nitrogen and oxygen atoms in total. The third-order valence-corrected chi connectivity index (χ3v) is 3.18. The number of aryl methyl sites for hydroxylation is 1. The lowest BCUT2D eigenvalue weighted by Crippen LogP contribution is -2.13. The summed E-state index contributed by atoms with van der Waals surface area (Å²) >= 11 is 0. The van der Waals surface area contributed by atoms with E-state index in [0.717, 1.165) is 18.5 Å². The zero-order chi connectivity index (χ0) is 13.7. The molecule has 0 saturated heterocycles. The van der Waals surface area contributed by atoms with E-state index < -0.39 is 0 Å². The highest BCUT2D eigenvalue weighted by Crippen LogP contribution is 2.24. The Hall–Kier alpha value is -2.00. The molecule has 2 rings (SSSR count). The Balaban J connectivity index is 1.94. The molecule has 0 radical (unpaired) electrons. The molecular weight excluding hydrogens is 238 g/mol. The Kier molecular flexibility index (Phi) is 4.42. The van der Waals surface area contributed by atoms with Gasteiger partial charge in [-0.2, -0.15) is 0 Å². The van der Waals surface area contributed by atoms with Crippen LogP contribution in [0.3, 0.4) is 0 Å². The van der Waals surface area contributed by atoms with Crippen LogP contribution >= 0.6 is 0 Å². The molecule has 0 unspecified atom stereocenters. The summed E-state index contributed by atoms with van der Waals surface area (Å²) in [4.78, 5) is 0. The second kappa shape index (κ2) is 6.25. The number of phenols is 2. The van der Waals surface area contributed by atoms with Crippen LogP contribution in [-0.4, -0.2) is 10.2 Å². The van der Waals surface area contributed by atoms with Crippen molar-refractivity contribution in [3.05, 3.63) is 59.2 Å². The van der Waals surface area contributed by atoms with E-state index in [9.17, 15) is 10.2 Å². The van der Waals surface area contributed by atoms with Gasteiger partial charge in [0.1, 0.15) is 0 Å². The van der Waals surface area contributed by atoms with Crippen molar-refractivity contribution >= 4 is 0 Å². The smallest absolute Gasteiger partial charge is 0.157 e. The summed E-state index contributed by atoms with van der Waals surface area (Å²) in [7, 11) is 0. The summed E-state index contributed by atoms with van der Waals surface area (Å²) < 4.78 is 0. The number of phenolic OH excluding ortho intramolecular Hbond substituents is 2. The van der Waals surface area contributed by atoms with Gasteiger partial charge < -0.3 is 15.5 Å². The minimum absolute atomic E-state index is 0.0757. The number of hydrogen-bond donors (Lipinski definition) is 3. The molecule has 100 valence electrons. The van der Waals surface area contributed by atoms with Crippen LogP contribution < -0.4 is 5.32 Å². The maximum atomic E-state index is 9.42. The molecule has 0 atom stereocenters. The average molecular weight is 257 g/mol. The van der Waals surface area contributed by atoms with Crippen LogP contribution in [0.5, 0.6) is 11.5 Å². The maximum Gasteiger partial charge on any atom is 0.157 e. The molecule has 0 bridgehead atoms. The van der Waals surface area contributed by atoms with Crippen molar-refractivity contribution in [3.8, 4) is 11.5 Å². The van der Waals surface area contributed by atoms with Gasteiger partial charge in [0.15, 0.2) is 11.5 Å². The van der Waals surface area contributed by atoms with Crippen LogP contribution in [0.25, 0.3) is 0 Å². The molecule has 0 aromatic heterocycles. The molecule has 0 saturated carbocycles. The van der Waals surface area contributed by atoms with Crippen LogP contribution in [0.4, 0.5) is 0 Å². The monoisotopic (exact) mass is 257 g/mol. The Bertz CT molecular complexity index is 552. The fourth-order valence-electron chi connectivity index (χ4n) is 2.10. The van der Waals surface area contributed by atoms with Crippen molar-refractivity contribution in [2.75, 3.05) is 0 Å². The van der Waals surface area contributed by atoms with Crippen LogP contribution in [-0.2, 0) is 19.5 Å². The van der Waals surface area contributed by atoms with E-state index in [2.05, 4.69) is 30.4 Å². The second-order valence-electron chi connectivity index (χ2n) is 4.55. The van der Waals surface area contributed by atoms with Crippen molar-refractivity contribution in [1.29, 1.82) is 0 Å². The summed E-state index contributed by atoms with van der Waals surface area (Å²) in [5, 5.41) is 22.0. The molecule has 0 aliphatic rings. The normalized spacial score (nSPS) is 10.6. The summed E-state index contributed by atoms with van der Waals surface area (Å²) in [5.41, 5.74) is 3.60. The predicted molar refractivity (Wildman–Crippen MR) is 76.1 cm³/mol. The predicted octanol–water partition coefficient (Wildman–Crippen LogP) is 2.95. The van der Waals surface area contributed by atoms with Gasteiger partial charge in [-0.05, 0) is 35.2 Å². The highest BCUT2D eigenvalue weighted by molar-refractivity contribution is 5.40. The van der Waals surface area contributed by atoms with E-state index >= 15 is 0 Å². The molecule has 0 fully saturated rings. The van der Waals surface area contributed by atoms with Gasteiger partial charge >= 0.3 is 0 Å². The summed E-state index contributed by atoms with van der Waals surface area (Å²) in [6.07, 6.45) is 1.03. The van der Waals surface area contributed by atoms with Crippen LogP contribution in [0.15, 0.2) is 42.5 Å². The first-order valence-corrected chi connectivity index (χ1v) is 6.49. The summed E-state index contributed by atoms with van der Waals surface area (Å²) in [5.74, 6) is -0.159. The van der Waals surface area contributed by atoms with E-state index in [1.165, 1.54) is 17.2 Å². The van der Waals surface area contributed by atoms with Gasteiger partial charge in [0.2, 0.25) is 0 Å². The lowest BCUT2D eigenvalue weighted by atomic mass is 10.1. The molecule has 19 heavy (non-hydrogen) atoms. The molecular formula is C16H19NO2. The maximum absolute atomic E-state index is 9.42. The minimum Gasteiger partial charge on any atom is -0.504 e. The van der Waals surface area contributed by atoms with Crippen molar-refractivity contribution in [3.63, 3.8) is 0 Å². The van der Waals surface area contributed by atoms with E-state index in [-0.39, 0.29) is 11.5 Å². The van der Waals surface area contributed by atoms with E-state index in [4.69, 9.17) is 0 Å². The molecule has 0 heterocycles. The highest BCUT2D eigenvalue weighted by Gasteiger charge is 2.02. The van der Waals surface area contributed by atoms with Gasteiger partial charge in [0.05, 0.1) is 0 Å². The second-order valence-corrected chi connectivity index (χ2v) is 4.55. The molecule has 0 aliphatic heterocycles. The fourth-order valence-corrected chi connectivity index (χ4v) is 2.10. The number of rotatable bonds is 5. The minimum atomic E-state index is -0.0833. The van der Waals surface area contributed by atoms with Crippen molar-refractivity contribution in [1.82, 2.24) is 5.32 Å². The molecule has 0 spiro atoms. The number of aromatic hydroxyl groups is 2. The Morgan fingerprint density at radius 2 is 1.63 bits per heavy atom. The molecule has 2 aromatic carbocycles. The third kappa shape index (κ3) is 3.48. The van der Waals surface area contributed by atoms with Gasteiger partial charge in [0.25, 0.3) is 0 Å². The third-order valence-electron chi connectivity index (χ3n) is 3.18. The van der Waals surface area contributed by atoms with Gasteiger partial charge in [0, 0.05) is 13.1 Å².